The molecule has 0 aliphatic heterocycles. The van der Waals surface area contributed by atoms with Crippen LogP contribution in [-0.2, 0) is 30.3 Å². The van der Waals surface area contributed by atoms with Crippen molar-refractivity contribution in [3.63, 3.8) is 0 Å². The number of aliphatic hydroxyl groups is 1. The number of furan rings is 1. The van der Waals surface area contributed by atoms with Crippen molar-refractivity contribution in [2.45, 2.75) is 112 Å². The third-order valence-corrected chi connectivity index (χ3v) is 12.9. The number of aliphatic hydroxyl groups excluding tert-OH is 1. The first-order valence-electron chi connectivity index (χ1n) is 19.7. The summed E-state index contributed by atoms with van der Waals surface area (Å²) < 4.78 is 15.8. The summed E-state index contributed by atoms with van der Waals surface area (Å²) in [7, 11) is -1.46. The fourth-order valence-corrected chi connectivity index (χ4v) is 8.60. The molecule has 0 saturated heterocycles. The van der Waals surface area contributed by atoms with Crippen LogP contribution in [0.4, 0.5) is 0 Å². The quantitative estimate of drug-likeness (QED) is 0.0621. The Morgan fingerprint density at radius 3 is 2.25 bits per heavy atom. The molecule has 5 aromatic rings. The molecule has 1 aliphatic carbocycles. The number of rotatable bonds is 11. The van der Waals surface area contributed by atoms with E-state index >= 15 is 0 Å². The van der Waals surface area contributed by atoms with Crippen molar-refractivity contribution in [1.82, 2.24) is 4.98 Å². The Bertz CT molecular complexity index is 2180. The van der Waals surface area contributed by atoms with Crippen LogP contribution in [0.3, 0.4) is 0 Å². The van der Waals surface area contributed by atoms with Gasteiger partial charge in [-0.25, -0.2) is 0 Å². The number of carbonyl (C=O) groups excluding carboxylic acids is 1. The van der Waals surface area contributed by atoms with Gasteiger partial charge in [-0.1, -0.05) is 121 Å². The topological polar surface area (TPSA) is 63.3 Å². The monoisotopic (exact) mass is 906 g/mol. The Balaban J connectivity index is 0.000000347. The molecule has 4 nitrogen and oxygen atoms in total. The number of ketones is 1. The maximum atomic E-state index is 11.7. The summed E-state index contributed by atoms with van der Waals surface area (Å²) in [5.74, 6) is 1.69. The van der Waals surface area contributed by atoms with E-state index in [0.29, 0.717) is 12.0 Å². The molecule has 0 saturated carbocycles. The molecule has 0 bridgehead atoms. The van der Waals surface area contributed by atoms with Gasteiger partial charge in [0.25, 0.3) is 0 Å². The second-order valence-corrected chi connectivity index (χ2v) is 21.2. The van der Waals surface area contributed by atoms with Crippen LogP contribution in [0, 0.1) is 17.9 Å². The molecule has 2 aromatic heterocycles. The molecule has 2 heterocycles. The third kappa shape index (κ3) is 8.88. The normalized spacial score (nSPS) is 14.5. The van der Waals surface area contributed by atoms with Gasteiger partial charge in [0, 0.05) is 66.3 Å². The molecule has 6 heteroatoms. The maximum Gasteiger partial charge on any atom is 0.162 e. The van der Waals surface area contributed by atoms with Crippen molar-refractivity contribution in [2.75, 3.05) is 0 Å². The van der Waals surface area contributed by atoms with E-state index in [1.165, 1.54) is 22.2 Å². The minimum Gasteiger partial charge on any atom is -0.512 e. The number of aromatic nitrogens is 1. The first-order chi connectivity index (χ1) is 25.1. The van der Waals surface area contributed by atoms with Gasteiger partial charge in [0.2, 0.25) is 0 Å². The van der Waals surface area contributed by atoms with Gasteiger partial charge in [-0.05, 0) is 67.0 Å². The fraction of sp³-hybridized carbons (Fsp3) is 0.404. The molecule has 1 radical (unpaired) electrons. The molecular weight excluding hydrogens is 847 g/mol. The molecule has 0 spiro atoms. The number of nitrogens with zero attached hydrogens (tertiary/aromatic N) is 1. The number of benzene rings is 3. The number of pyridine rings is 1. The van der Waals surface area contributed by atoms with Crippen LogP contribution in [0.15, 0.2) is 83.1 Å². The van der Waals surface area contributed by atoms with Crippen molar-refractivity contribution in [3.05, 3.63) is 107 Å². The third-order valence-electron chi connectivity index (χ3n) is 10.9. The summed E-state index contributed by atoms with van der Waals surface area (Å²) in [6.45, 7) is 24.0. The summed E-state index contributed by atoms with van der Waals surface area (Å²) in [5.41, 5.74) is 6.53. The molecule has 6 rings (SSSR count). The van der Waals surface area contributed by atoms with Crippen molar-refractivity contribution < 1.29 is 35.8 Å². The Kier molecular flexibility index (Phi) is 13.2. The summed E-state index contributed by atoms with van der Waals surface area (Å²) in [5, 5.41) is 14.5. The standard InChI is InChI=1S/C34H34NOSi.C13H24O2.Ir/c1-21(2)28-17-25(16-22-10-8-9-11-27(22)28)33-32-24(14-15-35-33)18-29(34(32,3)4)31-19-23-12-13-26(37(5,6)7)20-30(23)36-31;1-5-10(6-2)12(14)9-13(15)11(7-3)8-4;/h8-15,17-21H,1-7H3;9-11,14H,5-8H2,1-4H3;/q-1;;/b;12-9-;/i18D;;. The number of allylic oxidation sites excluding steroid dienone is 3. The predicted octanol–water partition coefficient (Wildman–Crippen LogP) is 12.8. The Morgan fingerprint density at radius 2 is 1.62 bits per heavy atom. The number of hydrogen-bond acceptors (Lipinski definition) is 4. The smallest absolute Gasteiger partial charge is 0.162 e. The van der Waals surface area contributed by atoms with Crippen molar-refractivity contribution in [1.29, 1.82) is 0 Å². The number of carbonyl (C=O) groups is 1. The van der Waals surface area contributed by atoms with E-state index in [1.807, 2.05) is 40.0 Å². The van der Waals surface area contributed by atoms with Gasteiger partial charge in [0.15, 0.2) is 5.78 Å². The van der Waals surface area contributed by atoms with E-state index in [9.17, 15) is 11.3 Å². The molecule has 0 amide bonds. The zero-order valence-electron chi connectivity index (χ0n) is 34.5. The fourth-order valence-electron chi connectivity index (χ4n) is 7.45. The summed E-state index contributed by atoms with van der Waals surface area (Å²) in [4.78, 5) is 16.6. The van der Waals surface area contributed by atoms with E-state index in [1.54, 1.807) is 0 Å². The molecule has 53 heavy (non-hydrogen) atoms. The van der Waals surface area contributed by atoms with Gasteiger partial charge in [-0.2, -0.15) is 0 Å². The van der Waals surface area contributed by atoms with Crippen molar-refractivity contribution in [2.24, 2.45) is 11.8 Å². The molecular formula is C47H58IrNO3Si-. The zero-order chi connectivity index (χ0) is 38.8. The molecule has 1 N–H and O–H groups in total. The van der Waals surface area contributed by atoms with Gasteiger partial charge in [-0.15, -0.1) is 29.1 Å². The Labute approximate surface area is 334 Å². The largest absolute Gasteiger partial charge is 0.512 e. The Hall–Kier alpha value is -3.57. The van der Waals surface area contributed by atoms with Crippen LogP contribution in [0.5, 0.6) is 0 Å². The van der Waals surface area contributed by atoms with E-state index < -0.39 is 13.5 Å². The first kappa shape index (κ1) is 40.6. The minimum atomic E-state index is -1.46. The molecule has 3 aromatic carbocycles. The first-order valence-corrected chi connectivity index (χ1v) is 22.7. The molecule has 0 atom stereocenters. The van der Waals surface area contributed by atoms with Crippen LogP contribution in [-0.4, -0.2) is 23.9 Å². The van der Waals surface area contributed by atoms with E-state index in [0.717, 1.165) is 75.8 Å². The van der Waals surface area contributed by atoms with Crippen LogP contribution < -0.4 is 5.19 Å². The average Bonchev–Trinajstić information content (AvgIpc) is 3.62. The van der Waals surface area contributed by atoms with Gasteiger partial charge in [0.05, 0.1) is 15.2 Å². The maximum absolute atomic E-state index is 11.7. The predicted molar refractivity (Wildman–Crippen MR) is 224 cm³/mol. The SMILES string of the molecule is CCC(CC)C(=O)/C=C(\O)C(CC)CC.[2H]C1=C(c2cc3ccc([Si](C)(C)C)cc3o2)C(C)(C)c2c1ccnc2-c1[c-]c2ccccc2c(C(C)C)c1.[Ir]. The van der Waals surface area contributed by atoms with Gasteiger partial charge in [0.1, 0.15) is 11.3 Å². The van der Waals surface area contributed by atoms with Crippen LogP contribution in [0.2, 0.25) is 19.6 Å². The number of hydrogen-bond donors (Lipinski definition) is 1. The average molecular weight is 906 g/mol. The van der Waals surface area contributed by atoms with Crippen LogP contribution in [0.25, 0.3) is 44.6 Å². The second kappa shape index (κ2) is 17.3. The van der Waals surface area contributed by atoms with Gasteiger partial charge >= 0.3 is 0 Å². The van der Waals surface area contributed by atoms with Crippen molar-refractivity contribution >= 4 is 52.4 Å². The molecule has 0 unspecified atom stereocenters. The van der Waals surface area contributed by atoms with E-state index in [-0.39, 0.29) is 43.5 Å². The van der Waals surface area contributed by atoms with Crippen LogP contribution in [0.1, 0.15) is 111 Å². The van der Waals surface area contributed by atoms with Gasteiger partial charge in [-0.3, -0.25) is 9.78 Å². The number of fused-ring (bicyclic) bond motifs is 3. The van der Waals surface area contributed by atoms with E-state index in [4.69, 9.17) is 9.40 Å². The molecule has 0 fully saturated rings. The van der Waals surface area contributed by atoms with Gasteiger partial charge < -0.3 is 9.52 Å². The summed E-state index contributed by atoms with van der Waals surface area (Å²) in [6, 6.07) is 25.6. The molecule has 283 valence electrons. The summed E-state index contributed by atoms with van der Waals surface area (Å²) in [6.07, 6.45) is 6.74. The Morgan fingerprint density at radius 1 is 0.962 bits per heavy atom. The van der Waals surface area contributed by atoms with Crippen molar-refractivity contribution in [3.8, 4) is 11.3 Å². The molecule has 1 aliphatic rings. The van der Waals surface area contributed by atoms with Crippen LogP contribution >= 0.6 is 0 Å². The summed E-state index contributed by atoms with van der Waals surface area (Å²) >= 11 is 0. The van der Waals surface area contributed by atoms with E-state index in [2.05, 4.69) is 108 Å². The second-order valence-electron chi connectivity index (χ2n) is 16.2. The minimum absolute atomic E-state index is 0. The zero-order valence-corrected chi connectivity index (χ0v) is 36.9.